The van der Waals surface area contributed by atoms with E-state index in [1.807, 2.05) is 19.2 Å². The van der Waals surface area contributed by atoms with Gasteiger partial charge in [0, 0.05) is 49.3 Å². The Morgan fingerprint density at radius 3 is 2.63 bits per heavy atom. The molecule has 7 heteroatoms. The number of aromatic nitrogens is 1. The number of hydrogen-bond donors (Lipinski definition) is 1. The summed E-state index contributed by atoms with van der Waals surface area (Å²) in [5.41, 5.74) is 4.79. The number of methoxy groups -OCH3 is 1. The Bertz CT molecular complexity index is 1110. The van der Waals surface area contributed by atoms with Crippen molar-refractivity contribution in [1.82, 2.24) is 14.4 Å². The predicted molar refractivity (Wildman–Crippen MR) is 140 cm³/mol. The van der Waals surface area contributed by atoms with Gasteiger partial charge in [0.05, 0.1) is 33.0 Å². The van der Waals surface area contributed by atoms with E-state index in [9.17, 15) is 5.11 Å². The van der Waals surface area contributed by atoms with E-state index in [0.717, 1.165) is 49.9 Å². The summed E-state index contributed by atoms with van der Waals surface area (Å²) in [6, 6.07) is 14.5. The lowest BCUT2D eigenvalue weighted by Crippen LogP contribution is -2.38. The number of ether oxygens (including phenoxy) is 3. The molecule has 1 aliphatic rings. The van der Waals surface area contributed by atoms with Crippen molar-refractivity contribution in [2.24, 2.45) is 0 Å². The largest absolute Gasteiger partial charge is 0.493 e. The number of aliphatic hydroxyl groups is 1. The van der Waals surface area contributed by atoms with Gasteiger partial charge in [-0.1, -0.05) is 24.3 Å². The highest BCUT2D eigenvalue weighted by Gasteiger charge is 2.16. The molecule has 2 heterocycles. The zero-order valence-corrected chi connectivity index (χ0v) is 21.5. The number of aliphatic hydroxyl groups excluding tert-OH is 1. The molecule has 3 aromatic rings. The topological polar surface area (TPSA) is 59.3 Å². The molecule has 0 spiro atoms. The maximum atomic E-state index is 10.9. The van der Waals surface area contributed by atoms with Crippen molar-refractivity contribution in [3.63, 3.8) is 0 Å². The Morgan fingerprint density at radius 2 is 1.86 bits per heavy atom. The summed E-state index contributed by atoms with van der Waals surface area (Å²) >= 11 is 0. The quantitative estimate of drug-likeness (QED) is 0.453. The van der Waals surface area contributed by atoms with Gasteiger partial charge in [0.2, 0.25) is 0 Å². The summed E-state index contributed by atoms with van der Waals surface area (Å²) in [5, 5.41) is 12.1. The van der Waals surface area contributed by atoms with Crippen LogP contribution in [0.15, 0.2) is 42.5 Å². The Hall–Kier alpha value is -2.58. The highest BCUT2D eigenvalue weighted by molar-refractivity contribution is 5.85. The number of para-hydroxylation sites is 1. The lowest BCUT2D eigenvalue weighted by molar-refractivity contribution is 0.0321. The van der Waals surface area contributed by atoms with E-state index in [0.29, 0.717) is 26.2 Å². The van der Waals surface area contributed by atoms with E-state index >= 15 is 0 Å². The van der Waals surface area contributed by atoms with Crippen LogP contribution in [0.1, 0.15) is 16.8 Å². The van der Waals surface area contributed by atoms with Crippen LogP contribution in [-0.2, 0) is 17.8 Å². The Morgan fingerprint density at radius 1 is 1.09 bits per heavy atom. The zero-order valence-electron chi connectivity index (χ0n) is 21.5. The molecule has 1 aliphatic heterocycles. The first-order valence-electron chi connectivity index (χ1n) is 12.5. The summed E-state index contributed by atoms with van der Waals surface area (Å²) in [7, 11) is 3.71. The maximum absolute atomic E-state index is 10.9. The molecule has 0 bridgehead atoms. The molecule has 0 amide bonds. The number of likely N-dealkylation sites (N-methyl/N-ethyl adjacent to an activating group) is 1. The minimum Gasteiger partial charge on any atom is -0.493 e. The first kappa shape index (κ1) is 25.5. The van der Waals surface area contributed by atoms with Crippen molar-refractivity contribution in [1.29, 1.82) is 0 Å². The van der Waals surface area contributed by atoms with Gasteiger partial charge in [-0.25, -0.2) is 0 Å². The molecule has 1 fully saturated rings. The van der Waals surface area contributed by atoms with Gasteiger partial charge in [-0.15, -0.1) is 0 Å². The molecule has 1 saturated heterocycles. The minimum absolute atomic E-state index is 0.474. The Balaban J connectivity index is 1.31. The summed E-state index contributed by atoms with van der Waals surface area (Å²) < 4.78 is 19.2. The number of hydrogen-bond acceptors (Lipinski definition) is 6. The molecular weight excluding hydrogens is 442 g/mol. The van der Waals surface area contributed by atoms with E-state index in [2.05, 4.69) is 58.5 Å². The van der Waals surface area contributed by atoms with Crippen LogP contribution in [0.4, 0.5) is 0 Å². The van der Waals surface area contributed by atoms with Crippen molar-refractivity contribution in [3.8, 4) is 11.5 Å². The fourth-order valence-electron chi connectivity index (χ4n) is 4.88. The molecule has 190 valence electrons. The third kappa shape index (κ3) is 6.35. The van der Waals surface area contributed by atoms with Gasteiger partial charge in [0.1, 0.15) is 6.61 Å². The molecule has 7 nitrogen and oxygen atoms in total. The van der Waals surface area contributed by atoms with Gasteiger partial charge >= 0.3 is 0 Å². The van der Waals surface area contributed by atoms with Gasteiger partial charge in [-0.2, -0.15) is 0 Å². The van der Waals surface area contributed by atoms with Crippen LogP contribution < -0.4 is 9.47 Å². The Labute approximate surface area is 208 Å². The monoisotopic (exact) mass is 481 g/mol. The molecule has 1 N–H and O–H groups in total. The highest BCUT2D eigenvalue weighted by Crippen LogP contribution is 2.29. The predicted octanol–water partition coefficient (Wildman–Crippen LogP) is 3.47. The molecule has 2 aromatic carbocycles. The van der Waals surface area contributed by atoms with Crippen LogP contribution in [0.3, 0.4) is 0 Å². The van der Waals surface area contributed by atoms with E-state index in [4.69, 9.17) is 14.2 Å². The van der Waals surface area contributed by atoms with E-state index in [-0.39, 0.29) is 0 Å². The van der Waals surface area contributed by atoms with Crippen LogP contribution in [0.25, 0.3) is 10.9 Å². The molecule has 0 radical (unpaired) electrons. The Kier molecular flexibility index (Phi) is 8.68. The number of fused-ring (bicyclic) bond motifs is 1. The average molecular weight is 482 g/mol. The van der Waals surface area contributed by atoms with Crippen molar-refractivity contribution >= 4 is 10.9 Å². The van der Waals surface area contributed by atoms with Gasteiger partial charge in [0.15, 0.2) is 11.5 Å². The summed E-state index contributed by atoms with van der Waals surface area (Å²) in [4.78, 5) is 4.50. The zero-order chi connectivity index (χ0) is 24.8. The lowest BCUT2D eigenvalue weighted by Gasteiger charge is -2.26. The van der Waals surface area contributed by atoms with Crippen LogP contribution in [0.2, 0.25) is 0 Å². The fourth-order valence-corrected chi connectivity index (χ4v) is 4.88. The third-order valence-corrected chi connectivity index (χ3v) is 6.91. The fraction of sp³-hybridized carbons (Fsp3) is 0.500. The van der Waals surface area contributed by atoms with Crippen LogP contribution >= 0.6 is 0 Å². The average Bonchev–Trinajstić information content (AvgIpc) is 3.10. The van der Waals surface area contributed by atoms with Gasteiger partial charge in [-0.05, 0) is 50.2 Å². The summed E-state index contributed by atoms with van der Waals surface area (Å²) in [6.07, 6.45) is -0.474. The second kappa shape index (κ2) is 11.9. The lowest BCUT2D eigenvalue weighted by atomic mass is 10.2. The SMILES string of the molecule is COc1cc(CN(C)CC(O)Cn2c(C)c(C)c3ccccc32)ccc1OCCN1CCOCC1. The van der Waals surface area contributed by atoms with Crippen molar-refractivity contribution < 1.29 is 19.3 Å². The number of morpholine rings is 1. The first-order valence-corrected chi connectivity index (χ1v) is 12.5. The van der Waals surface area contributed by atoms with Crippen molar-refractivity contribution in [3.05, 3.63) is 59.3 Å². The second-order valence-electron chi connectivity index (χ2n) is 9.48. The number of aryl methyl sites for hydroxylation is 1. The number of rotatable bonds is 11. The second-order valence-corrected chi connectivity index (χ2v) is 9.48. The van der Waals surface area contributed by atoms with Crippen LogP contribution in [0, 0.1) is 13.8 Å². The molecule has 1 unspecified atom stereocenters. The van der Waals surface area contributed by atoms with Crippen LogP contribution in [-0.4, -0.2) is 85.7 Å². The molecule has 0 aliphatic carbocycles. The third-order valence-electron chi connectivity index (χ3n) is 6.91. The standard InChI is InChI=1S/C28H39N3O4/c1-21-22(2)31(26-8-6-5-7-25(21)26)20-24(32)19-29(3)18-23-9-10-27(28(17-23)33-4)35-16-13-30-11-14-34-15-12-30/h5-10,17,24,32H,11-16,18-20H2,1-4H3. The van der Waals surface area contributed by atoms with E-state index in [1.54, 1.807) is 7.11 Å². The summed E-state index contributed by atoms with van der Waals surface area (Å²) in [5.74, 6) is 1.50. The number of benzene rings is 2. The first-order chi connectivity index (χ1) is 17.0. The highest BCUT2D eigenvalue weighted by atomic mass is 16.5. The minimum atomic E-state index is -0.474. The van der Waals surface area contributed by atoms with E-state index < -0.39 is 6.10 Å². The van der Waals surface area contributed by atoms with E-state index in [1.165, 1.54) is 22.2 Å². The maximum Gasteiger partial charge on any atom is 0.161 e. The number of nitrogens with zero attached hydrogens (tertiary/aromatic N) is 3. The molecule has 35 heavy (non-hydrogen) atoms. The molecule has 4 rings (SSSR count). The molecule has 1 aromatic heterocycles. The molecule has 1 atom stereocenters. The van der Waals surface area contributed by atoms with Gasteiger partial charge < -0.3 is 23.9 Å². The van der Waals surface area contributed by atoms with Gasteiger partial charge in [0.25, 0.3) is 0 Å². The smallest absolute Gasteiger partial charge is 0.161 e. The normalized spacial score (nSPS) is 15.6. The summed E-state index contributed by atoms with van der Waals surface area (Å²) in [6.45, 7) is 11.1. The molecule has 0 saturated carbocycles. The van der Waals surface area contributed by atoms with Gasteiger partial charge in [-0.3, -0.25) is 9.80 Å². The van der Waals surface area contributed by atoms with Crippen molar-refractivity contribution in [2.45, 2.75) is 33.0 Å². The van der Waals surface area contributed by atoms with Crippen molar-refractivity contribution in [2.75, 3.05) is 60.2 Å². The van der Waals surface area contributed by atoms with Crippen LogP contribution in [0.5, 0.6) is 11.5 Å². The molecular formula is C28H39N3O4.